The molecule has 2 unspecified atom stereocenters. The third-order valence-corrected chi connectivity index (χ3v) is 8.84. The van der Waals surface area contributed by atoms with E-state index in [9.17, 15) is 22.0 Å². The summed E-state index contributed by atoms with van der Waals surface area (Å²) in [4.78, 5) is 19.0. The topological polar surface area (TPSA) is 60.9 Å². The van der Waals surface area contributed by atoms with E-state index < -0.39 is 9.84 Å². The third-order valence-electron chi connectivity index (χ3n) is 7.09. The van der Waals surface area contributed by atoms with E-state index in [-0.39, 0.29) is 47.2 Å². The van der Waals surface area contributed by atoms with Crippen molar-refractivity contribution in [2.75, 3.05) is 44.7 Å². The zero-order chi connectivity index (χ0) is 24.5. The van der Waals surface area contributed by atoms with E-state index in [0.29, 0.717) is 32.6 Å². The Bertz CT molecular complexity index is 1060. The lowest BCUT2D eigenvalue weighted by atomic mass is 9.96. The Kier molecular flexibility index (Phi) is 7.35. The molecular formula is C25H31F2N3O3S. The second-order valence-corrected chi connectivity index (χ2v) is 11.5. The maximum absolute atomic E-state index is 13.5. The van der Waals surface area contributed by atoms with E-state index in [0.717, 1.165) is 11.1 Å². The van der Waals surface area contributed by atoms with Crippen molar-refractivity contribution < 1.29 is 22.0 Å². The summed E-state index contributed by atoms with van der Waals surface area (Å²) >= 11 is 0. The molecule has 2 aromatic rings. The van der Waals surface area contributed by atoms with Crippen LogP contribution in [0, 0.1) is 11.6 Å². The van der Waals surface area contributed by atoms with Gasteiger partial charge in [0, 0.05) is 39.3 Å². The summed E-state index contributed by atoms with van der Waals surface area (Å²) in [5.74, 6) is -0.511. The molecule has 2 aromatic carbocycles. The fraction of sp³-hybridized carbons (Fsp3) is 0.480. The van der Waals surface area contributed by atoms with Gasteiger partial charge in [0.05, 0.1) is 23.6 Å². The van der Waals surface area contributed by atoms with Crippen LogP contribution < -0.4 is 0 Å². The first-order chi connectivity index (χ1) is 16.1. The van der Waals surface area contributed by atoms with Gasteiger partial charge in [0.2, 0.25) is 5.91 Å². The van der Waals surface area contributed by atoms with Crippen LogP contribution in [0.2, 0.25) is 0 Å². The maximum atomic E-state index is 13.5. The largest absolute Gasteiger partial charge is 0.340 e. The van der Waals surface area contributed by atoms with E-state index >= 15 is 0 Å². The summed E-state index contributed by atoms with van der Waals surface area (Å²) in [6.45, 7) is 4.54. The number of hydrogen-bond donors (Lipinski definition) is 0. The van der Waals surface area contributed by atoms with Crippen LogP contribution in [0.25, 0.3) is 0 Å². The van der Waals surface area contributed by atoms with Crippen molar-refractivity contribution in [3.05, 3.63) is 71.3 Å². The molecule has 6 nitrogen and oxygen atoms in total. The molecule has 0 spiro atoms. The third kappa shape index (κ3) is 5.47. The number of rotatable bonds is 6. The molecule has 2 atom stereocenters. The van der Waals surface area contributed by atoms with E-state index in [2.05, 4.69) is 9.80 Å². The van der Waals surface area contributed by atoms with Gasteiger partial charge in [0.1, 0.15) is 11.6 Å². The first-order valence-electron chi connectivity index (χ1n) is 11.6. The highest BCUT2D eigenvalue weighted by molar-refractivity contribution is 7.91. The predicted molar refractivity (Wildman–Crippen MR) is 127 cm³/mol. The lowest BCUT2D eigenvalue weighted by Crippen LogP contribution is -2.55. The highest BCUT2D eigenvalue weighted by Crippen LogP contribution is 2.30. The highest BCUT2D eigenvalue weighted by Gasteiger charge is 2.36. The Balaban J connectivity index is 1.44. The van der Waals surface area contributed by atoms with Gasteiger partial charge in [-0.15, -0.1) is 0 Å². The number of nitrogens with zero attached hydrogens (tertiary/aromatic N) is 3. The van der Waals surface area contributed by atoms with Gasteiger partial charge in [-0.25, -0.2) is 17.2 Å². The molecule has 0 bridgehead atoms. The SMILES string of the molecule is CC(C(=O)N(C)C1CCS(=O)(=O)C1)N1CCN(C(c2ccc(F)cc2)c2ccc(F)cc2)CC1. The second kappa shape index (κ2) is 10.1. The number of carbonyl (C=O) groups excluding carboxylic acids is 1. The minimum atomic E-state index is -3.06. The van der Waals surface area contributed by atoms with Crippen molar-refractivity contribution in [1.29, 1.82) is 0 Å². The van der Waals surface area contributed by atoms with Gasteiger partial charge in [-0.1, -0.05) is 24.3 Å². The zero-order valence-electron chi connectivity index (χ0n) is 19.5. The number of carbonyl (C=O) groups is 1. The number of piperazine rings is 1. The number of likely N-dealkylation sites (N-methyl/N-ethyl adjacent to an activating group) is 1. The average Bonchev–Trinajstić information content (AvgIpc) is 3.20. The summed E-state index contributed by atoms with van der Waals surface area (Å²) < 4.78 is 50.7. The van der Waals surface area contributed by atoms with Crippen LogP contribution in [-0.4, -0.2) is 85.8 Å². The van der Waals surface area contributed by atoms with Crippen LogP contribution >= 0.6 is 0 Å². The second-order valence-electron chi connectivity index (χ2n) is 9.26. The maximum Gasteiger partial charge on any atom is 0.239 e. The molecule has 184 valence electrons. The summed E-state index contributed by atoms with van der Waals surface area (Å²) in [5.41, 5.74) is 1.85. The highest BCUT2D eigenvalue weighted by atomic mass is 32.2. The molecule has 0 aromatic heterocycles. The summed E-state index contributed by atoms with van der Waals surface area (Å²) in [6, 6.07) is 12.0. The molecule has 4 rings (SSSR count). The summed E-state index contributed by atoms with van der Waals surface area (Å²) in [6.07, 6.45) is 0.488. The molecule has 0 N–H and O–H groups in total. The van der Waals surface area contributed by atoms with Crippen LogP contribution in [0.4, 0.5) is 8.78 Å². The number of halogens is 2. The number of hydrogen-bond acceptors (Lipinski definition) is 5. The normalized spacial score (nSPS) is 22.1. The molecule has 2 aliphatic rings. The summed E-state index contributed by atoms with van der Waals surface area (Å²) in [7, 11) is -1.37. The Morgan fingerprint density at radius 3 is 1.82 bits per heavy atom. The average molecular weight is 492 g/mol. The van der Waals surface area contributed by atoms with Crippen molar-refractivity contribution in [2.24, 2.45) is 0 Å². The number of amides is 1. The molecule has 1 amide bonds. The van der Waals surface area contributed by atoms with E-state index in [1.54, 1.807) is 36.2 Å². The molecule has 2 fully saturated rings. The standard InChI is InChI=1S/C25H31F2N3O3S/c1-18(25(31)28(2)23-11-16-34(32,33)17-23)29-12-14-30(15-13-29)24(19-3-7-21(26)8-4-19)20-5-9-22(27)10-6-20/h3-10,18,23-24H,11-17H2,1-2H3. The van der Waals surface area contributed by atoms with Gasteiger partial charge in [0.25, 0.3) is 0 Å². The molecule has 2 saturated heterocycles. The van der Waals surface area contributed by atoms with Gasteiger partial charge in [-0.05, 0) is 48.7 Å². The summed E-state index contributed by atoms with van der Waals surface area (Å²) in [5, 5.41) is 0. The van der Waals surface area contributed by atoms with Crippen molar-refractivity contribution in [3.63, 3.8) is 0 Å². The first-order valence-corrected chi connectivity index (χ1v) is 13.4. The van der Waals surface area contributed by atoms with Crippen LogP contribution in [0.3, 0.4) is 0 Å². The van der Waals surface area contributed by atoms with Crippen molar-refractivity contribution in [3.8, 4) is 0 Å². The minimum absolute atomic E-state index is 0.0345. The smallest absolute Gasteiger partial charge is 0.239 e. The molecule has 2 heterocycles. The molecule has 0 aliphatic carbocycles. The minimum Gasteiger partial charge on any atom is -0.340 e. The Morgan fingerprint density at radius 2 is 1.38 bits per heavy atom. The zero-order valence-corrected chi connectivity index (χ0v) is 20.3. The first kappa shape index (κ1) is 24.8. The Hall–Kier alpha value is -2.36. The van der Waals surface area contributed by atoms with Crippen LogP contribution in [0.5, 0.6) is 0 Å². The van der Waals surface area contributed by atoms with Gasteiger partial charge in [0.15, 0.2) is 9.84 Å². The predicted octanol–water partition coefficient (Wildman–Crippen LogP) is 2.71. The van der Waals surface area contributed by atoms with Crippen molar-refractivity contribution in [1.82, 2.24) is 14.7 Å². The number of sulfone groups is 1. The number of benzene rings is 2. The monoisotopic (exact) mass is 491 g/mol. The van der Waals surface area contributed by atoms with E-state index in [4.69, 9.17) is 0 Å². The molecule has 2 aliphatic heterocycles. The van der Waals surface area contributed by atoms with Gasteiger partial charge < -0.3 is 4.90 Å². The van der Waals surface area contributed by atoms with Crippen LogP contribution in [0.15, 0.2) is 48.5 Å². The fourth-order valence-electron chi connectivity index (χ4n) is 5.00. The Morgan fingerprint density at radius 1 is 0.912 bits per heavy atom. The van der Waals surface area contributed by atoms with Crippen molar-refractivity contribution in [2.45, 2.75) is 31.5 Å². The molecular weight excluding hydrogens is 460 g/mol. The lowest BCUT2D eigenvalue weighted by molar-refractivity contribution is -0.137. The lowest BCUT2D eigenvalue weighted by Gasteiger charge is -2.42. The van der Waals surface area contributed by atoms with Gasteiger partial charge in [-0.2, -0.15) is 0 Å². The van der Waals surface area contributed by atoms with Gasteiger partial charge in [-0.3, -0.25) is 14.6 Å². The van der Waals surface area contributed by atoms with Gasteiger partial charge >= 0.3 is 0 Å². The van der Waals surface area contributed by atoms with Crippen LogP contribution in [-0.2, 0) is 14.6 Å². The Labute approximate surface area is 200 Å². The van der Waals surface area contributed by atoms with E-state index in [1.165, 1.54) is 24.3 Å². The molecule has 34 heavy (non-hydrogen) atoms. The molecule has 0 saturated carbocycles. The fourth-order valence-corrected chi connectivity index (χ4v) is 6.77. The molecule has 9 heteroatoms. The van der Waals surface area contributed by atoms with E-state index in [1.807, 2.05) is 6.92 Å². The molecule has 0 radical (unpaired) electrons. The van der Waals surface area contributed by atoms with Crippen LogP contribution in [0.1, 0.15) is 30.5 Å². The van der Waals surface area contributed by atoms with Crippen molar-refractivity contribution >= 4 is 15.7 Å². The quantitative estimate of drug-likeness (QED) is 0.622.